The highest BCUT2D eigenvalue weighted by atomic mass is 28.3. The lowest BCUT2D eigenvalue weighted by Gasteiger charge is -2.40. The molecule has 0 fully saturated rings. The fourth-order valence-electron chi connectivity index (χ4n) is 3.62. The van der Waals surface area contributed by atoms with Crippen molar-refractivity contribution in [2.75, 3.05) is 0 Å². The molecule has 0 bridgehead atoms. The second-order valence-corrected chi connectivity index (χ2v) is 11.6. The van der Waals surface area contributed by atoms with Crippen molar-refractivity contribution in [2.45, 2.75) is 57.7 Å². The molecule has 0 unspecified atom stereocenters. The topological polar surface area (TPSA) is 0 Å². The summed E-state index contributed by atoms with van der Waals surface area (Å²) in [7, 11) is -1.43. The second-order valence-electron chi connectivity index (χ2n) is 6.24. The zero-order valence-corrected chi connectivity index (χ0v) is 13.2. The Kier molecular flexibility index (Phi) is 4.11. The molecule has 0 aliphatic heterocycles. The van der Waals surface area contributed by atoms with Crippen LogP contribution in [0, 0.1) is 0 Å². The van der Waals surface area contributed by atoms with E-state index in [1.165, 1.54) is 6.04 Å². The number of rotatable bonds is 5. The molecule has 0 aromatic rings. The van der Waals surface area contributed by atoms with Crippen LogP contribution in [0.3, 0.4) is 0 Å². The van der Waals surface area contributed by atoms with E-state index in [0.29, 0.717) is 0 Å². The lowest BCUT2D eigenvalue weighted by atomic mass is 10.3. The molecular weight excluding hydrogens is 232 g/mol. The Bertz CT molecular complexity index is 411. The van der Waals surface area contributed by atoms with Gasteiger partial charge in [0.2, 0.25) is 0 Å². The molecule has 0 saturated carbocycles. The summed E-state index contributed by atoms with van der Waals surface area (Å²) in [5.74, 6) is 0. The summed E-state index contributed by atoms with van der Waals surface area (Å²) in [5, 5.41) is 1.70. The van der Waals surface area contributed by atoms with E-state index in [-0.39, 0.29) is 0 Å². The first-order valence-electron chi connectivity index (χ1n) is 7.30. The molecule has 1 heteroatoms. The third-order valence-electron chi connectivity index (χ3n) is 4.71. The van der Waals surface area contributed by atoms with E-state index in [2.05, 4.69) is 64.2 Å². The van der Waals surface area contributed by atoms with Crippen LogP contribution in [0.15, 0.2) is 47.2 Å². The molecule has 0 heterocycles. The van der Waals surface area contributed by atoms with E-state index >= 15 is 0 Å². The van der Waals surface area contributed by atoms with Gasteiger partial charge in [-0.3, -0.25) is 0 Å². The van der Waals surface area contributed by atoms with Crippen molar-refractivity contribution in [3.63, 3.8) is 0 Å². The maximum absolute atomic E-state index is 2.49. The van der Waals surface area contributed by atoms with Gasteiger partial charge in [-0.25, -0.2) is 0 Å². The summed E-state index contributed by atoms with van der Waals surface area (Å²) >= 11 is 0. The molecule has 0 N–H and O–H groups in total. The molecule has 0 aromatic heterocycles. The van der Waals surface area contributed by atoms with Crippen molar-refractivity contribution < 1.29 is 0 Å². The monoisotopic (exact) mass is 258 g/mol. The van der Waals surface area contributed by atoms with Crippen molar-refractivity contribution in [2.24, 2.45) is 0 Å². The third-order valence-corrected chi connectivity index (χ3v) is 11.3. The van der Waals surface area contributed by atoms with E-state index in [1.807, 2.05) is 0 Å². The van der Waals surface area contributed by atoms with E-state index in [4.69, 9.17) is 0 Å². The summed E-state index contributed by atoms with van der Waals surface area (Å²) in [6, 6.07) is 1.33. The average Bonchev–Trinajstić information content (AvgIpc) is 2.98. The Morgan fingerprint density at radius 2 is 1.56 bits per heavy atom. The molecule has 2 rings (SSSR count). The minimum atomic E-state index is -1.43. The van der Waals surface area contributed by atoms with Crippen LogP contribution in [-0.4, -0.2) is 8.07 Å². The lowest BCUT2D eigenvalue weighted by Crippen LogP contribution is -2.43. The van der Waals surface area contributed by atoms with Crippen LogP contribution in [0.4, 0.5) is 0 Å². The highest BCUT2D eigenvalue weighted by Crippen LogP contribution is 2.45. The van der Waals surface area contributed by atoms with Gasteiger partial charge < -0.3 is 0 Å². The molecule has 0 amide bonds. The first kappa shape index (κ1) is 13.6. The predicted molar refractivity (Wildman–Crippen MR) is 84.4 cm³/mol. The molecule has 0 spiro atoms. The van der Waals surface area contributed by atoms with Gasteiger partial charge in [-0.1, -0.05) is 74.9 Å². The van der Waals surface area contributed by atoms with Crippen molar-refractivity contribution >= 4 is 8.07 Å². The van der Waals surface area contributed by atoms with Gasteiger partial charge in [0.15, 0.2) is 0 Å². The van der Waals surface area contributed by atoms with Gasteiger partial charge in [0.1, 0.15) is 0 Å². The van der Waals surface area contributed by atoms with Gasteiger partial charge >= 0.3 is 0 Å². The maximum atomic E-state index is 2.49. The quantitative estimate of drug-likeness (QED) is 0.566. The van der Waals surface area contributed by atoms with E-state index < -0.39 is 8.07 Å². The Morgan fingerprint density at radius 3 is 2.00 bits per heavy atom. The molecule has 0 atom stereocenters. The zero-order valence-electron chi connectivity index (χ0n) is 12.2. The third kappa shape index (κ3) is 2.33. The van der Waals surface area contributed by atoms with Gasteiger partial charge in [0, 0.05) is 0 Å². The van der Waals surface area contributed by atoms with Gasteiger partial charge in [0.05, 0.1) is 8.07 Å². The highest BCUT2D eigenvalue weighted by molar-refractivity contribution is 6.90. The summed E-state index contributed by atoms with van der Waals surface area (Å²) < 4.78 is 0. The number of hydrogen-bond donors (Lipinski definition) is 0. The summed E-state index contributed by atoms with van der Waals surface area (Å²) in [5.41, 5.74) is 3.20. The van der Waals surface area contributed by atoms with Crippen LogP contribution in [0.1, 0.15) is 40.5 Å². The van der Waals surface area contributed by atoms with Crippen molar-refractivity contribution in [3.05, 3.63) is 47.2 Å². The van der Waals surface area contributed by atoms with Gasteiger partial charge in [0.25, 0.3) is 0 Å². The van der Waals surface area contributed by atoms with Crippen molar-refractivity contribution in [3.8, 4) is 0 Å². The van der Waals surface area contributed by atoms with E-state index in [9.17, 15) is 0 Å². The maximum Gasteiger partial charge on any atom is 0.0955 e. The first-order valence-corrected chi connectivity index (χ1v) is 9.66. The normalized spacial score (nSPS) is 19.0. The Hall–Kier alpha value is -0.823. The Morgan fingerprint density at radius 1 is 0.944 bits per heavy atom. The minimum absolute atomic E-state index is 0.807. The molecule has 0 radical (unpaired) electrons. The van der Waals surface area contributed by atoms with Crippen LogP contribution in [0.5, 0.6) is 0 Å². The zero-order chi connectivity index (χ0) is 13.2. The molecule has 0 saturated heterocycles. The van der Waals surface area contributed by atoms with Crippen molar-refractivity contribution in [1.82, 2.24) is 0 Å². The fourth-order valence-corrected chi connectivity index (χ4v) is 9.17. The molecule has 98 valence electrons. The number of allylic oxidation sites excluding steroid dienone is 8. The van der Waals surface area contributed by atoms with E-state index in [0.717, 1.165) is 23.9 Å². The van der Waals surface area contributed by atoms with Gasteiger partial charge in [-0.05, 0) is 30.0 Å². The van der Waals surface area contributed by atoms with Gasteiger partial charge in [-0.2, -0.15) is 0 Å². The van der Waals surface area contributed by atoms with Crippen molar-refractivity contribution in [1.29, 1.82) is 0 Å². The SMILES string of the molecule is CC(C)[Si](CC1=CCC=C1)(C1=CCC=C1)C(C)C. The molecule has 0 nitrogen and oxygen atoms in total. The molecule has 2 aliphatic carbocycles. The number of hydrogen-bond acceptors (Lipinski definition) is 0. The fraction of sp³-hybridized carbons (Fsp3) is 0.529. The highest BCUT2D eigenvalue weighted by Gasteiger charge is 2.42. The summed E-state index contributed by atoms with van der Waals surface area (Å²) in [4.78, 5) is 0. The van der Waals surface area contributed by atoms with Crippen LogP contribution in [0.2, 0.25) is 17.1 Å². The second kappa shape index (κ2) is 5.44. The molecule has 0 aromatic carbocycles. The molecular formula is C17H26Si. The first-order chi connectivity index (χ1) is 8.57. The lowest BCUT2D eigenvalue weighted by molar-refractivity contribution is 0.894. The Labute approximate surface area is 113 Å². The molecule has 18 heavy (non-hydrogen) atoms. The van der Waals surface area contributed by atoms with E-state index in [1.54, 1.807) is 10.8 Å². The van der Waals surface area contributed by atoms with Gasteiger partial charge in [-0.15, -0.1) is 0 Å². The average molecular weight is 258 g/mol. The van der Waals surface area contributed by atoms with Crippen LogP contribution in [-0.2, 0) is 0 Å². The van der Waals surface area contributed by atoms with Crippen LogP contribution >= 0.6 is 0 Å². The van der Waals surface area contributed by atoms with Crippen LogP contribution in [0.25, 0.3) is 0 Å². The summed E-state index contributed by atoms with van der Waals surface area (Å²) in [6.45, 7) is 9.77. The standard InChI is InChI=1S/C17H26Si/c1-14(2)18(15(3)4,17-11-7-8-12-17)13-16-9-5-6-10-16/h5,7,9-12,14-15H,6,8,13H2,1-4H3. The smallest absolute Gasteiger partial charge is 0.0814 e. The predicted octanol–water partition coefficient (Wildman–Crippen LogP) is 5.57. The largest absolute Gasteiger partial charge is 0.0955 e. The summed E-state index contributed by atoms with van der Waals surface area (Å²) in [6.07, 6.45) is 16.6. The Balaban J connectivity index is 2.36. The minimum Gasteiger partial charge on any atom is -0.0814 e. The van der Waals surface area contributed by atoms with Crippen LogP contribution < -0.4 is 0 Å². The molecule has 2 aliphatic rings.